The van der Waals surface area contributed by atoms with Crippen LogP contribution in [-0.4, -0.2) is 37.3 Å². The van der Waals surface area contributed by atoms with Crippen molar-refractivity contribution in [2.75, 3.05) is 31.2 Å². The van der Waals surface area contributed by atoms with Crippen LogP contribution in [0.3, 0.4) is 0 Å². The summed E-state index contributed by atoms with van der Waals surface area (Å²) in [6.07, 6.45) is 3.97. The summed E-state index contributed by atoms with van der Waals surface area (Å²) >= 11 is 3.37. The van der Waals surface area contributed by atoms with Gasteiger partial charge in [0.05, 0.1) is 0 Å². The minimum absolute atomic E-state index is 0.198. The number of rotatable bonds is 6. The number of aromatic nitrogens is 1. The third-order valence-corrected chi connectivity index (χ3v) is 4.34. The van der Waals surface area contributed by atoms with Gasteiger partial charge < -0.3 is 14.4 Å². The zero-order chi connectivity index (χ0) is 16.8. The van der Waals surface area contributed by atoms with Gasteiger partial charge in [0.2, 0.25) is 0 Å². The first kappa shape index (κ1) is 16.8. The van der Waals surface area contributed by atoms with Crippen LogP contribution < -0.4 is 9.64 Å². The van der Waals surface area contributed by atoms with E-state index in [9.17, 15) is 4.79 Å². The monoisotopic (exact) mass is 390 g/mol. The Balaban J connectivity index is 1.52. The summed E-state index contributed by atoms with van der Waals surface area (Å²) in [5.74, 6) is 1.10. The lowest BCUT2D eigenvalue weighted by Gasteiger charge is -2.19. The van der Waals surface area contributed by atoms with Gasteiger partial charge in [0, 0.05) is 23.8 Å². The lowest BCUT2D eigenvalue weighted by molar-refractivity contribution is 0.0451. The Labute approximate surface area is 149 Å². The van der Waals surface area contributed by atoms with Crippen molar-refractivity contribution in [3.63, 3.8) is 0 Å². The van der Waals surface area contributed by atoms with Crippen LogP contribution in [0.25, 0.3) is 0 Å². The molecule has 0 N–H and O–H groups in total. The summed E-state index contributed by atoms with van der Waals surface area (Å²) in [7, 11) is 0. The molecule has 1 aliphatic rings. The molecule has 2 heterocycles. The van der Waals surface area contributed by atoms with Gasteiger partial charge in [0.25, 0.3) is 0 Å². The summed E-state index contributed by atoms with van der Waals surface area (Å²) in [5.41, 5.74) is 0.517. The molecule has 1 aromatic heterocycles. The zero-order valence-electron chi connectivity index (χ0n) is 13.3. The zero-order valence-corrected chi connectivity index (χ0v) is 14.9. The maximum absolute atomic E-state index is 12.3. The van der Waals surface area contributed by atoms with Crippen LogP contribution in [0.2, 0.25) is 0 Å². The fraction of sp³-hybridized carbons (Fsp3) is 0.333. The highest BCUT2D eigenvalue weighted by atomic mass is 79.9. The SMILES string of the molecule is O=C(OCCOc1ccc(Br)cc1)c1cccnc1N1CCCC1. The predicted octanol–water partition coefficient (Wildman–Crippen LogP) is 3.68. The number of carbonyl (C=O) groups is 1. The van der Waals surface area contributed by atoms with Gasteiger partial charge in [-0.3, -0.25) is 0 Å². The largest absolute Gasteiger partial charge is 0.490 e. The van der Waals surface area contributed by atoms with Crippen LogP contribution in [0.1, 0.15) is 23.2 Å². The third-order valence-electron chi connectivity index (χ3n) is 3.81. The maximum Gasteiger partial charge on any atom is 0.342 e. The molecule has 1 aliphatic heterocycles. The first-order valence-electron chi connectivity index (χ1n) is 7.99. The Kier molecular flexibility index (Phi) is 5.69. The van der Waals surface area contributed by atoms with Crippen LogP contribution in [0, 0.1) is 0 Å². The molecule has 24 heavy (non-hydrogen) atoms. The standard InChI is InChI=1S/C18H19BrN2O3/c19-14-5-7-15(8-6-14)23-12-13-24-18(22)16-4-3-9-20-17(16)21-10-1-2-11-21/h3-9H,1-2,10-13H2. The lowest BCUT2D eigenvalue weighted by Crippen LogP contribution is -2.23. The van der Waals surface area contributed by atoms with Crippen LogP contribution in [0.4, 0.5) is 5.82 Å². The van der Waals surface area contributed by atoms with Gasteiger partial charge in [-0.15, -0.1) is 0 Å². The Bertz CT molecular complexity index is 685. The average Bonchev–Trinajstić information content (AvgIpc) is 3.14. The molecule has 0 atom stereocenters. The fourth-order valence-corrected chi connectivity index (χ4v) is 2.90. The van der Waals surface area contributed by atoms with E-state index in [-0.39, 0.29) is 12.6 Å². The van der Waals surface area contributed by atoms with E-state index in [2.05, 4.69) is 25.8 Å². The van der Waals surface area contributed by atoms with Crippen LogP contribution in [0.5, 0.6) is 5.75 Å². The normalized spacial score (nSPS) is 13.8. The number of carbonyl (C=O) groups excluding carboxylic acids is 1. The highest BCUT2D eigenvalue weighted by molar-refractivity contribution is 9.10. The first-order chi connectivity index (χ1) is 11.7. The van der Waals surface area contributed by atoms with Crippen molar-refractivity contribution in [2.24, 2.45) is 0 Å². The van der Waals surface area contributed by atoms with Crippen molar-refractivity contribution < 1.29 is 14.3 Å². The van der Waals surface area contributed by atoms with E-state index in [1.807, 2.05) is 24.3 Å². The van der Waals surface area contributed by atoms with Crippen molar-refractivity contribution in [3.05, 3.63) is 52.6 Å². The minimum Gasteiger partial charge on any atom is -0.490 e. The minimum atomic E-state index is -0.357. The number of hydrogen-bond acceptors (Lipinski definition) is 5. The molecular formula is C18H19BrN2O3. The van der Waals surface area contributed by atoms with Crippen molar-refractivity contribution in [1.82, 2.24) is 4.98 Å². The molecule has 2 aromatic rings. The number of esters is 1. The molecule has 5 nitrogen and oxygen atoms in total. The summed E-state index contributed by atoms with van der Waals surface area (Å²) in [6.45, 7) is 2.38. The number of hydrogen-bond donors (Lipinski definition) is 0. The molecule has 0 amide bonds. The number of benzene rings is 1. The van der Waals surface area contributed by atoms with Gasteiger partial charge in [-0.05, 0) is 49.2 Å². The van der Waals surface area contributed by atoms with E-state index in [4.69, 9.17) is 9.47 Å². The average molecular weight is 391 g/mol. The summed E-state index contributed by atoms with van der Waals surface area (Å²) < 4.78 is 11.9. The molecule has 0 spiro atoms. The molecule has 0 aliphatic carbocycles. The van der Waals surface area contributed by atoms with E-state index >= 15 is 0 Å². The van der Waals surface area contributed by atoms with Crippen molar-refractivity contribution in [2.45, 2.75) is 12.8 Å². The molecule has 6 heteroatoms. The molecule has 126 valence electrons. The van der Waals surface area contributed by atoms with Crippen LogP contribution in [-0.2, 0) is 4.74 Å². The van der Waals surface area contributed by atoms with Crippen LogP contribution in [0.15, 0.2) is 47.1 Å². The second-order valence-corrected chi connectivity index (χ2v) is 6.42. The molecule has 0 bridgehead atoms. The van der Waals surface area contributed by atoms with Gasteiger partial charge in [0.15, 0.2) is 0 Å². The molecule has 0 unspecified atom stereocenters. The topological polar surface area (TPSA) is 51.7 Å². The van der Waals surface area contributed by atoms with Gasteiger partial charge in [-0.1, -0.05) is 15.9 Å². The highest BCUT2D eigenvalue weighted by Gasteiger charge is 2.21. The number of halogens is 1. The number of pyridine rings is 1. The van der Waals surface area contributed by atoms with Gasteiger partial charge in [-0.25, -0.2) is 9.78 Å². The smallest absolute Gasteiger partial charge is 0.342 e. The molecule has 1 aromatic carbocycles. The van der Waals surface area contributed by atoms with E-state index in [0.29, 0.717) is 18.0 Å². The lowest BCUT2D eigenvalue weighted by atomic mass is 10.2. The number of ether oxygens (including phenoxy) is 2. The molecule has 1 fully saturated rings. The number of nitrogens with zero attached hydrogens (tertiary/aromatic N) is 2. The van der Waals surface area contributed by atoms with Crippen molar-refractivity contribution >= 4 is 27.7 Å². The molecule has 1 saturated heterocycles. The van der Waals surface area contributed by atoms with Crippen molar-refractivity contribution in [3.8, 4) is 5.75 Å². The van der Waals surface area contributed by atoms with Crippen LogP contribution >= 0.6 is 15.9 Å². The third kappa shape index (κ3) is 4.26. The maximum atomic E-state index is 12.3. The quantitative estimate of drug-likeness (QED) is 0.556. The van der Waals surface area contributed by atoms with E-state index in [1.54, 1.807) is 18.3 Å². The molecule has 0 radical (unpaired) electrons. The first-order valence-corrected chi connectivity index (χ1v) is 8.79. The van der Waals surface area contributed by atoms with Gasteiger partial charge >= 0.3 is 5.97 Å². The Morgan fingerprint density at radius 3 is 2.62 bits per heavy atom. The Hall–Kier alpha value is -2.08. The van der Waals surface area contributed by atoms with E-state index < -0.39 is 0 Å². The van der Waals surface area contributed by atoms with E-state index in [1.165, 1.54) is 0 Å². The van der Waals surface area contributed by atoms with Gasteiger partial charge in [-0.2, -0.15) is 0 Å². The van der Waals surface area contributed by atoms with Gasteiger partial charge in [0.1, 0.15) is 30.3 Å². The molecular weight excluding hydrogens is 372 g/mol. The number of anilines is 1. The second-order valence-electron chi connectivity index (χ2n) is 5.51. The summed E-state index contributed by atoms with van der Waals surface area (Å²) in [4.78, 5) is 18.8. The summed E-state index contributed by atoms with van der Waals surface area (Å²) in [6, 6.07) is 11.0. The van der Waals surface area contributed by atoms with Crippen molar-refractivity contribution in [1.29, 1.82) is 0 Å². The summed E-state index contributed by atoms with van der Waals surface area (Å²) in [5, 5.41) is 0. The van der Waals surface area contributed by atoms with E-state index in [0.717, 1.165) is 36.2 Å². The molecule has 0 saturated carbocycles. The predicted molar refractivity (Wildman–Crippen MR) is 95.6 cm³/mol. The fourth-order valence-electron chi connectivity index (χ4n) is 2.64. The second kappa shape index (κ2) is 8.15. The Morgan fingerprint density at radius 1 is 1.12 bits per heavy atom. The Morgan fingerprint density at radius 2 is 1.88 bits per heavy atom. The highest BCUT2D eigenvalue weighted by Crippen LogP contribution is 2.22. The molecule has 3 rings (SSSR count).